The smallest absolute Gasteiger partial charge is 0.230 e. The summed E-state index contributed by atoms with van der Waals surface area (Å²) in [6, 6.07) is 7.96. The number of rotatable bonds is 4. The average Bonchev–Trinajstić information content (AvgIpc) is 3.20. The van der Waals surface area contributed by atoms with Crippen LogP contribution >= 0.6 is 0 Å². The van der Waals surface area contributed by atoms with Gasteiger partial charge in [0, 0.05) is 18.4 Å². The number of aromatic nitrogens is 3. The van der Waals surface area contributed by atoms with Crippen LogP contribution in [0.15, 0.2) is 33.1 Å². The van der Waals surface area contributed by atoms with Crippen LogP contribution in [-0.4, -0.2) is 33.2 Å². The molecule has 0 amide bonds. The highest BCUT2D eigenvalue weighted by atomic mass is 16.4. The molecule has 6 heteroatoms. The Morgan fingerprint density at radius 2 is 1.92 bits per heavy atom. The van der Waals surface area contributed by atoms with Crippen LogP contribution in [0.25, 0.3) is 11.1 Å². The first-order chi connectivity index (χ1) is 11.8. The van der Waals surface area contributed by atoms with Gasteiger partial charge in [0.2, 0.25) is 11.8 Å². The lowest BCUT2D eigenvalue weighted by molar-refractivity contribution is 0.171. The Hall–Kier alpha value is -2.21. The fraction of sp³-hybridized carbons (Fsp3) is 0.500. The third-order valence-electron chi connectivity index (χ3n) is 4.93. The largest absolute Gasteiger partial charge is 0.440 e. The predicted molar refractivity (Wildman–Crippen MR) is 87.5 cm³/mol. The molecule has 1 aromatic carbocycles. The first-order valence-corrected chi connectivity index (χ1v) is 8.75. The molecule has 2 aromatic heterocycles. The van der Waals surface area contributed by atoms with Crippen molar-refractivity contribution >= 4 is 11.1 Å². The van der Waals surface area contributed by atoms with Gasteiger partial charge in [0.1, 0.15) is 5.52 Å². The van der Waals surface area contributed by atoms with Gasteiger partial charge >= 0.3 is 0 Å². The molecular weight excluding hydrogens is 304 g/mol. The van der Waals surface area contributed by atoms with E-state index in [1.807, 2.05) is 24.3 Å². The van der Waals surface area contributed by atoms with E-state index in [0.29, 0.717) is 11.8 Å². The van der Waals surface area contributed by atoms with Gasteiger partial charge in [0.25, 0.3) is 0 Å². The maximum Gasteiger partial charge on any atom is 0.230 e. The zero-order valence-corrected chi connectivity index (χ0v) is 13.5. The van der Waals surface area contributed by atoms with Crippen molar-refractivity contribution in [2.75, 3.05) is 13.1 Å². The summed E-state index contributed by atoms with van der Waals surface area (Å²) >= 11 is 0. The zero-order chi connectivity index (χ0) is 15.9. The fourth-order valence-electron chi connectivity index (χ4n) is 3.48. The van der Waals surface area contributed by atoms with E-state index in [4.69, 9.17) is 8.83 Å². The number of piperidine rings is 1. The van der Waals surface area contributed by atoms with Crippen molar-refractivity contribution in [2.45, 2.75) is 44.1 Å². The molecule has 5 rings (SSSR count). The lowest BCUT2D eigenvalue weighted by atomic mass is 9.98. The second kappa shape index (κ2) is 5.70. The molecule has 0 bridgehead atoms. The zero-order valence-electron chi connectivity index (χ0n) is 13.5. The van der Waals surface area contributed by atoms with E-state index >= 15 is 0 Å². The molecule has 124 valence electrons. The van der Waals surface area contributed by atoms with Crippen molar-refractivity contribution in [3.8, 4) is 0 Å². The molecule has 1 saturated heterocycles. The standard InChI is InChI=1S/C18H20N4O2/c1-2-6-15-14(5-1)19-17(23-15)13-4-3-9-22(10-13)11-16-20-21-18(24-16)12-7-8-12/h1-2,5-6,12-13H,3-4,7-11H2. The van der Waals surface area contributed by atoms with Crippen molar-refractivity contribution in [2.24, 2.45) is 0 Å². The Morgan fingerprint density at radius 1 is 1.00 bits per heavy atom. The molecule has 6 nitrogen and oxygen atoms in total. The second-order valence-electron chi connectivity index (χ2n) is 6.90. The molecule has 0 spiro atoms. The van der Waals surface area contributed by atoms with Crippen molar-refractivity contribution in [1.29, 1.82) is 0 Å². The Kier molecular flexibility index (Phi) is 3.36. The Balaban J connectivity index is 1.30. The number of likely N-dealkylation sites (tertiary alicyclic amines) is 1. The van der Waals surface area contributed by atoms with Crippen LogP contribution in [0.4, 0.5) is 0 Å². The molecule has 2 aliphatic rings. The van der Waals surface area contributed by atoms with Crippen molar-refractivity contribution in [1.82, 2.24) is 20.1 Å². The molecule has 1 atom stereocenters. The van der Waals surface area contributed by atoms with Gasteiger partial charge in [-0.3, -0.25) is 4.90 Å². The average molecular weight is 324 g/mol. The number of hydrogen-bond acceptors (Lipinski definition) is 6. The number of benzene rings is 1. The number of oxazole rings is 1. The first kappa shape index (κ1) is 14.2. The van der Waals surface area contributed by atoms with E-state index < -0.39 is 0 Å². The van der Waals surface area contributed by atoms with Crippen LogP contribution in [0.1, 0.15) is 55.2 Å². The highest BCUT2D eigenvalue weighted by Crippen LogP contribution is 2.39. The third-order valence-corrected chi connectivity index (χ3v) is 4.93. The normalized spacial score (nSPS) is 22.2. The monoisotopic (exact) mass is 324 g/mol. The molecule has 24 heavy (non-hydrogen) atoms. The van der Waals surface area contributed by atoms with E-state index in [1.54, 1.807) is 0 Å². The van der Waals surface area contributed by atoms with Gasteiger partial charge in [-0.25, -0.2) is 4.98 Å². The maximum absolute atomic E-state index is 5.96. The van der Waals surface area contributed by atoms with E-state index in [-0.39, 0.29) is 0 Å². The highest BCUT2D eigenvalue weighted by Gasteiger charge is 2.30. The van der Waals surface area contributed by atoms with Crippen LogP contribution in [0, 0.1) is 0 Å². The molecule has 1 saturated carbocycles. The Bertz CT molecular complexity index is 818. The van der Waals surface area contributed by atoms with Gasteiger partial charge in [-0.1, -0.05) is 12.1 Å². The Labute approximate surface area is 139 Å². The summed E-state index contributed by atoms with van der Waals surface area (Å²) in [5.41, 5.74) is 1.81. The summed E-state index contributed by atoms with van der Waals surface area (Å²) in [5.74, 6) is 3.25. The number of hydrogen-bond donors (Lipinski definition) is 0. The predicted octanol–water partition coefficient (Wildman–Crippen LogP) is 3.47. The summed E-state index contributed by atoms with van der Waals surface area (Å²) in [6.07, 6.45) is 4.61. The van der Waals surface area contributed by atoms with Gasteiger partial charge in [0.05, 0.1) is 6.54 Å². The van der Waals surface area contributed by atoms with E-state index in [1.165, 1.54) is 12.8 Å². The number of fused-ring (bicyclic) bond motifs is 1. The summed E-state index contributed by atoms with van der Waals surface area (Å²) in [4.78, 5) is 7.04. The first-order valence-electron chi connectivity index (χ1n) is 8.75. The van der Waals surface area contributed by atoms with Crippen LogP contribution in [0.2, 0.25) is 0 Å². The van der Waals surface area contributed by atoms with Gasteiger partial charge in [-0.15, -0.1) is 10.2 Å². The van der Waals surface area contributed by atoms with Crippen molar-refractivity contribution < 1.29 is 8.83 Å². The highest BCUT2D eigenvalue weighted by molar-refractivity contribution is 5.72. The van der Waals surface area contributed by atoms with Crippen LogP contribution < -0.4 is 0 Å². The lowest BCUT2D eigenvalue weighted by Crippen LogP contribution is -2.34. The summed E-state index contributed by atoms with van der Waals surface area (Å²) in [7, 11) is 0. The van der Waals surface area contributed by atoms with Crippen LogP contribution in [0.5, 0.6) is 0 Å². The molecule has 1 aliphatic heterocycles. The van der Waals surface area contributed by atoms with Gasteiger partial charge in [-0.2, -0.15) is 0 Å². The summed E-state index contributed by atoms with van der Waals surface area (Å²) in [5, 5.41) is 8.38. The number of nitrogens with zero attached hydrogens (tertiary/aromatic N) is 4. The second-order valence-corrected chi connectivity index (χ2v) is 6.90. The van der Waals surface area contributed by atoms with Gasteiger partial charge in [0.15, 0.2) is 11.5 Å². The maximum atomic E-state index is 5.96. The molecule has 3 heterocycles. The third kappa shape index (κ3) is 2.71. The van der Waals surface area contributed by atoms with E-state index in [2.05, 4.69) is 20.1 Å². The molecular formula is C18H20N4O2. The van der Waals surface area contributed by atoms with Gasteiger partial charge in [-0.05, 0) is 44.4 Å². The van der Waals surface area contributed by atoms with Crippen LogP contribution in [0.3, 0.4) is 0 Å². The fourth-order valence-corrected chi connectivity index (χ4v) is 3.48. The molecule has 3 aromatic rings. The summed E-state index contributed by atoms with van der Waals surface area (Å²) in [6.45, 7) is 2.70. The van der Waals surface area contributed by atoms with Crippen molar-refractivity contribution in [3.05, 3.63) is 41.9 Å². The lowest BCUT2D eigenvalue weighted by Gasteiger charge is -2.29. The molecule has 1 unspecified atom stereocenters. The minimum atomic E-state index is 0.331. The van der Waals surface area contributed by atoms with E-state index in [9.17, 15) is 0 Å². The molecule has 0 radical (unpaired) electrons. The van der Waals surface area contributed by atoms with Crippen LogP contribution in [-0.2, 0) is 6.54 Å². The number of para-hydroxylation sites is 2. The Morgan fingerprint density at radius 3 is 2.79 bits per heavy atom. The minimum Gasteiger partial charge on any atom is -0.440 e. The molecule has 1 aliphatic carbocycles. The topological polar surface area (TPSA) is 68.2 Å². The minimum absolute atomic E-state index is 0.331. The summed E-state index contributed by atoms with van der Waals surface area (Å²) < 4.78 is 11.8. The van der Waals surface area contributed by atoms with Gasteiger partial charge < -0.3 is 8.83 Å². The quantitative estimate of drug-likeness (QED) is 0.732. The van der Waals surface area contributed by atoms with E-state index in [0.717, 1.165) is 61.2 Å². The molecule has 2 fully saturated rings. The SMILES string of the molecule is c1ccc2oc(C3CCCN(Cc4nnc(C5CC5)o4)C3)nc2c1. The van der Waals surface area contributed by atoms with Crippen molar-refractivity contribution in [3.63, 3.8) is 0 Å². The molecule has 0 N–H and O–H groups in total.